The van der Waals surface area contributed by atoms with Gasteiger partial charge in [0, 0.05) is 5.02 Å². The van der Waals surface area contributed by atoms with E-state index in [0.717, 1.165) is 10.4 Å². The van der Waals surface area contributed by atoms with Crippen LogP contribution in [-0.4, -0.2) is 15.9 Å². The third-order valence-corrected chi connectivity index (χ3v) is 2.74. The van der Waals surface area contributed by atoms with Crippen molar-refractivity contribution in [3.05, 3.63) is 35.0 Å². The van der Waals surface area contributed by atoms with Crippen LogP contribution in [0.4, 0.5) is 0 Å². The first-order chi connectivity index (χ1) is 6.81. The van der Waals surface area contributed by atoms with Crippen LogP contribution in [0.2, 0.25) is 5.02 Å². The predicted octanol–water partition coefficient (Wildman–Crippen LogP) is 2.67. The summed E-state index contributed by atoms with van der Waals surface area (Å²) in [6.45, 7) is 0. The second-order valence-electron chi connectivity index (χ2n) is 2.62. The number of carbonyl (C=O) groups excluding carboxylic acids is 1. The lowest BCUT2D eigenvalue weighted by molar-refractivity contribution is 0.111. The molecule has 0 atom stereocenters. The van der Waals surface area contributed by atoms with Gasteiger partial charge in [-0.25, -0.2) is 0 Å². The quantitative estimate of drug-likeness (QED) is 0.737. The first-order valence-corrected chi connectivity index (χ1v) is 5.00. The topological polar surface area (TPSA) is 42.9 Å². The molecule has 1 aromatic carbocycles. The van der Waals surface area contributed by atoms with Gasteiger partial charge in [0.05, 0.1) is 4.88 Å². The third-order valence-electron chi connectivity index (χ3n) is 1.71. The van der Waals surface area contributed by atoms with E-state index in [1.165, 1.54) is 11.5 Å². The van der Waals surface area contributed by atoms with Crippen LogP contribution < -0.4 is 0 Å². The van der Waals surface area contributed by atoms with Gasteiger partial charge in [0.1, 0.15) is 5.69 Å². The Morgan fingerprint density at radius 2 is 2.29 bits per heavy atom. The molecule has 0 bridgehead atoms. The lowest BCUT2D eigenvalue weighted by Crippen LogP contribution is -1.83. The van der Waals surface area contributed by atoms with Gasteiger partial charge in [-0.1, -0.05) is 28.2 Å². The van der Waals surface area contributed by atoms with Gasteiger partial charge in [0.2, 0.25) is 0 Å². The zero-order chi connectivity index (χ0) is 9.97. The molecule has 0 amide bonds. The average Bonchev–Trinajstić information content (AvgIpc) is 2.65. The summed E-state index contributed by atoms with van der Waals surface area (Å²) in [5.74, 6) is 0. The Morgan fingerprint density at radius 1 is 1.43 bits per heavy atom. The maximum atomic E-state index is 10.6. The Labute approximate surface area is 89.5 Å². The van der Waals surface area contributed by atoms with Crippen molar-refractivity contribution in [1.82, 2.24) is 9.59 Å². The Kier molecular flexibility index (Phi) is 2.56. The van der Waals surface area contributed by atoms with Crippen LogP contribution in [0, 0.1) is 0 Å². The molecule has 0 aliphatic rings. The van der Waals surface area contributed by atoms with Crippen LogP contribution in [0.15, 0.2) is 24.3 Å². The summed E-state index contributed by atoms with van der Waals surface area (Å²) in [6, 6.07) is 7.25. The minimum absolute atomic E-state index is 0.359. The Hall–Kier alpha value is -1.26. The van der Waals surface area contributed by atoms with E-state index in [-0.39, 0.29) is 0 Å². The summed E-state index contributed by atoms with van der Waals surface area (Å²) < 4.78 is 3.72. The van der Waals surface area contributed by atoms with E-state index in [9.17, 15) is 4.79 Å². The van der Waals surface area contributed by atoms with E-state index >= 15 is 0 Å². The molecule has 1 aromatic heterocycles. The van der Waals surface area contributed by atoms with Crippen molar-refractivity contribution in [2.24, 2.45) is 0 Å². The summed E-state index contributed by atoms with van der Waals surface area (Å²) in [4.78, 5) is 11.4. The van der Waals surface area contributed by atoms with Crippen molar-refractivity contribution in [3.63, 3.8) is 0 Å². The minimum Gasteiger partial charge on any atom is -0.296 e. The number of nitrogens with zero attached hydrogens (tertiary/aromatic N) is 2. The van der Waals surface area contributed by atoms with Crippen molar-refractivity contribution < 1.29 is 4.79 Å². The van der Waals surface area contributed by atoms with Gasteiger partial charge >= 0.3 is 0 Å². The standard InChI is InChI=1S/C9H5ClN2OS/c10-7-3-1-2-6(4-7)9-8(5-13)11-12-14-9/h1-5H. The molecule has 0 spiro atoms. The summed E-state index contributed by atoms with van der Waals surface area (Å²) in [6.07, 6.45) is 0.694. The van der Waals surface area contributed by atoms with Crippen LogP contribution in [0.25, 0.3) is 10.4 Å². The van der Waals surface area contributed by atoms with Crippen LogP contribution in [0.3, 0.4) is 0 Å². The molecule has 0 aliphatic carbocycles. The number of aromatic nitrogens is 2. The fourth-order valence-electron chi connectivity index (χ4n) is 1.10. The minimum atomic E-state index is 0.359. The van der Waals surface area contributed by atoms with Crippen LogP contribution >= 0.6 is 23.1 Å². The van der Waals surface area contributed by atoms with E-state index in [1.54, 1.807) is 12.1 Å². The molecule has 1 heterocycles. The molecule has 70 valence electrons. The van der Waals surface area contributed by atoms with Crippen molar-refractivity contribution in [3.8, 4) is 10.4 Å². The number of rotatable bonds is 2. The molecular weight excluding hydrogens is 220 g/mol. The zero-order valence-corrected chi connectivity index (χ0v) is 8.55. The fraction of sp³-hybridized carbons (Fsp3) is 0. The second-order valence-corrected chi connectivity index (χ2v) is 3.81. The molecule has 0 radical (unpaired) electrons. The van der Waals surface area contributed by atoms with Gasteiger partial charge in [-0.2, -0.15) is 0 Å². The number of carbonyl (C=O) groups is 1. The molecule has 0 saturated heterocycles. The average molecular weight is 225 g/mol. The van der Waals surface area contributed by atoms with Crippen LogP contribution in [-0.2, 0) is 0 Å². The predicted molar refractivity (Wildman–Crippen MR) is 55.7 cm³/mol. The van der Waals surface area contributed by atoms with Gasteiger partial charge < -0.3 is 0 Å². The lowest BCUT2D eigenvalue weighted by atomic mass is 10.2. The summed E-state index contributed by atoms with van der Waals surface area (Å²) >= 11 is 7.02. The molecule has 0 unspecified atom stereocenters. The third kappa shape index (κ3) is 1.66. The fourth-order valence-corrected chi connectivity index (χ4v) is 1.92. The molecule has 0 saturated carbocycles. The molecule has 14 heavy (non-hydrogen) atoms. The van der Waals surface area contributed by atoms with Crippen molar-refractivity contribution >= 4 is 29.4 Å². The highest BCUT2D eigenvalue weighted by molar-refractivity contribution is 7.09. The first-order valence-electron chi connectivity index (χ1n) is 3.85. The van der Waals surface area contributed by atoms with Gasteiger partial charge in [-0.15, -0.1) is 5.10 Å². The summed E-state index contributed by atoms with van der Waals surface area (Å²) in [5.41, 5.74) is 1.23. The Balaban J connectivity index is 2.54. The zero-order valence-electron chi connectivity index (χ0n) is 6.98. The van der Waals surface area contributed by atoms with Gasteiger partial charge in [-0.3, -0.25) is 4.79 Å². The SMILES string of the molecule is O=Cc1nnsc1-c1cccc(Cl)c1. The Morgan fingerprint density at radius 3 is 3.00 bits per heavy atom. The highest BCUT2D eigenvalue weighted by Crippen LogP contribution is 2.26. The van der Waals surface area contributed by atoms with E-state index < -0.39 is 0 Å². The Bertz CT molecular complexity index is 469. The normalized spacial score (nSPS) is 10.1. The number of halogens is 1. The van der Waals surface area contributed by atoms with E-state index in [0.29, 0.717) is 17.0 Å². The largest absolute Gasteiger partial charge is 0.296 e. The van der Waals surface area contributed by atoms with Crippen molar-refractivity contribution in [2.75, 3.05) is 0 Å². The second kappa shape index (κ2) is 3.86. The van der Waals surface area contributed by atoms with Crippen molar-refractivity contribution in [1.29, 1.82) is 0 Å². The molecule has 5 heteroatoms. The van der Waals surface area contributed by atoms with Crippen LogP contribution in [0.1, 0.15) is 10.5 Å². The number of benzene rings is 1. The molecular formula is C9H5ClN2OS. The first kappa shape index (κ1) is 9.30. The monoisotopic (exact) mass is 224 g/mol. The van der Waals surface area contributed by atoms with Crippen molar-refractivity contribution in [2.45, 2.75) is 0 Å². The number of aldehydes is 1. The van der Waals surface area contributed by atoms with Crippen LogP contribution in [0.5, 0.6) is 0 Å². The highest BCUT2D eigenvalue weighted by atomic mass is 35.5. The van der Waals surface area contributed by atoms with E-state index in [1.807, 2.05) is 12.1 Å². The molecule has 3 nitrogen and oxygen atoms in total. The molecule has 0 aliphatic heterocycles. The lowest BCUT2D eigenvalue weighted by Gasteiger charge is -1.96. The maximum Gasteiger partial charge on any atom is 0.171 e. The van der Waals surface area contributed by atoms with Gasteiger partial charge in [0.15, 0.2) is 6.29 Å². The molecule has 2 rings (SSSR count). The maximum absolute atomic E-state index is 10.6. The van der Waals surface area contributed by atoms with E-state index in [2.05, 4.69) is 9.59 Å². The number of hydrogen-bond donors (Lipinski definition) is 0. The smallest absolute Gasteiger partial charge is 0.171 e. The van der Waals surface area contributed by atoms with Gasteiger partial charge in [0.25, 0.3) is 0 Å². The molecule has 0 N–H and O–H groups in total. The summed E-state index contributed by atoms with van der Waals surface area (Å²) in [7, 11) is 0. The van der Waals surface area contributed by atoms with Gasteiger partial charge in [-0.05, 0) is 29.2 Å². The molecule has 2 aromatic rings. The molecule has 0 fully saturated rings. The number of hydrogen-bond acceptors (Lipinski definition) is 4. The highest BCUT2D eigenvalue weighted by Gasteiger charge is 2.08. The summed E-state index contributed by atoms with van der Waals surface area (Å²) in [5, 5.41) is 4.33. The van der Waals surface area contributed by atoms with E-state index in [4.69, 9.17) is 11.6 Å².